The molecule has 0 saturated heterocycles. The highest BCUT2D eigenvalue weighted by Gasteiger charge is 2.35. The third-order valence-corrected chi connectivity index (χ3v) is 5.17. The van der Waals surface area contributed by atoms with Crippen molar-refractivity contribution in [3.8, 4) is 0 Å². The fourth-order valence-corrected chi connectivity index (χ4v) is 3.69. The van der Waals surface area contributed by atoms with Gasteiger partial charge < -0.3 is 20.8 Å². The number of aliphatic carboxylic acids is 1. The van der Waals surface area contributed by atoms with E-state index in [9.17, 15) is 14.7 Å². The molecular formula is C16H29N3O4. The van der Waals surface area contributed by atoms with Crippen LogP contribution >= 0.6 is 0 Å². The van der Waals surface area contributed by atoms with Gasteiger partial charge >= 0.3 is 12.0 Å². The highest BCUT2D eigenvalue weighted by molar-refractivity contribution is 5.74. The molecule has 0 aliphatic heterocycles. The second-order valence-corrected chi connectivity index (χ2v) is 6.73. The molecule has 2 rings (SSSR count). The maximum absolute atomic E-state index is 12.1. The van der Waals surface area contributed by atoms with Gasteiger partial charge in [0.05, 0.1) is 6.54 Å². The molecule has 0 bridgehead atoms. The number of likely N-dealkylation sites (N-methyl/N-ethyl adjacent to an activating group) is 1. The van der Waals surface area contributed by atoms with Crippen LogP contribution in [0.25, 0.3) is 0 Å². The summed E-state index contributed by atoms with van der Waals surface area (Å²) in [5.74, 6) is -0.650. The van der Waals surface area contributed by atoms with Gasteiger partial charge in [-0.3, -0.25) is 9.69 Å². The van der Waals surface area contributed by atoms with Gasteiger partial charge in [0.25, 0.3) is 0 Å². The highest BCUT2D eigenvalue weighted by Crippen LogP contribution is 2.26. The first-order chi connectivity index (χ1) is 11.0. The van der Waals surface area contributed by atoms with Crippen LogP contribution in [0.15, 0.2) is 0 Å². The fourth-order valence-electron chi connectivity index (χ4n) is 3.69. The molecule has 2 atom stereocenters. The zero-order valence-corrected chi connectivity index (χ0v) is 13.8. The summed E-state index contributed by atoms with van der Waals surface area (Å²) in [5.41, 5.74) is 0. The molecule has 0 aromatic heterocycles. The van der Waals surface area contributed by atoms with Crippen LogP contribution in [0.2, 0.25) is 0 Å². The zero-order valence-electron chi connectivity index (χ0n) is 13.8. The summed E-state index contributed by atoms with van der Waals surface area (Å²) >= 11 is 0. The molecule has 2 fully saturated rings. The highest BCUT2D eigenvalue weighted by atomic mass is 16.4. The lowest BCUT2D eigenvalue weighted by atomic mass is 9.84. The van der Waals surface area contributed by atoms with Crippen molar-refractivity contribution in [3.05, 3.63) is 0 Å². The summed E-state index contributed by atoms with van der Waals surface area (Å²) in [5, 5.41) is 24.2. The van der Waals surface area contributed by atoms with Crippen molar-refractivity contribution in [2.75, 3.05) is 19.7 Å². The van der Waals surface area contributed by atoms with E-state index in [1.54, 1.807) is 0 Å². The Morgan fingerprint density at radius 3 is 2.48 bits per heavy atom. The Morgan fingerprint density at radius 2 is 1.87 bits per heavy atom. The Bertz CT molecular complexity index is 412. The zero-order chi connectivity index (χ0) is 16.8. The third kappa shape index (κ3) is 5.07. The van der Waals surface area contributed by atoms with Gasteiger partial charge in [-0.25, -0.2) is 4.79 Å². The minimum Gasteiger partial charge on any atom is -0.480 e. The van der Waals surface area contributed by atoms with Gasteiger partial charge in [-0.15, -0.1) is 0 Å². The van der Waals surface area contributed by atoms with Crippen molar-refractivity contribution in [1.29, 1.82) is 0 Å². The van der Waals surface area contributed by atoms with Gasteiger partial charge in [-0.1, -0.05) is 19.8 Å². The number of carboxylic acids is 1. The normalized spacial score (nSPS) is 30.6. The number of aliphatic hydroxyl groups is 1. The van der Waals surface area contributed by atoms with E-state index in [4.69, 9.17) is 5.11 Å². The van der Waals surface area contributed by atoms with Crippen LogP contribution in [-0.4, -0.2) is 64.9 Å². The average Bonchev–Trinajstić information content (AvgIpc) is 2.48. The van der Waals surface area contributed by atoms with E-state index in [2.05, 4.69) is 10.6 Å². The first-order valence-corrected chi connectivity index (χ1v) is 8.67. The maximum atomic E-state index is 12.1. The molecule has 132 valence electrons. The van der Waals surface area contributed by atoms with Crippen molar-refractivity contribution in [3.63, 3.8) is 0 Å². The predicted octanol–water partition coefficient (Wildman–Crippen LogP) is 0.774. The van der Waals surface area contributed by atoms with Crippen LogP contribution in [0.5, 0.6) is 0 Å². The SMILES string of the molecule is CCN(CC(=O)O)C1CC(NC(=O)NC2CCCCC2CO)C1. The van der Waals surface area contributed by atoms with Gasteiger partial charge in [0.1, 0.15) is 0 Å². The van der Waals surface area contributed by atoms with Crippen LogP contribution in [0.1, 0.15) is 45.4 Å². The summed E-state index contributed by atoms with van der Waals surface area (Å²) in [6.45, 7) is 2.84. The van der Waals surface area contributed by atoms with E-state index in [1.807, 2.05) is 11.8 Å². The molecule has 2 saturated carbocycles. The number of carbonyl (C=O) groups is 2. The van der Waals surface area contributed by atoms with E-state index < -0.39 is 5.97 Å². The lowest BCUT2D eigenvalue weighted by Gasteiger charge is -2.42. The Labute approximate surface area is 137 Å². The fraction of sp³-hybridized carbons (Fsp3) is 0.875. The monoisotopic (exact) mass is 327 g/mol. The number of hydrogen-bond donors (Lipinski definition) is 4. The molecule has 0 aromatic carbocycles. The number of carbonyl (C=O) groups excluding carboxylic acids is 1. The van der Waals surface area contributed by atoms with Crippen LogP contribution in [0.3, 0.4) is 0 Å². The second-order valence-electron chi connectivity index (χ2n) is 6.73. The van der Waals surface area contributed by atoms with Gasteiger partial charge in [0.15, 0.2) is 0 Å². The van der Waals surface area contributed by atoms with E-state index in [1.165, 1.54) is 0 Å². The second kappa shape index (κ2) is 8.49. The predicted molar refractivity (Wildman–Crippen MR) is 86.2 cm³/mol. The number of aliphatic hydroxyl groups excluding tert-OH is 1. The number of nitrogens with one attached hydrogen (secondary N) is 2. The first kappa shape index (κ1) is 18.0. The molecule has 0 heterocycles. The van der Waals surface area contributed by atoms with Gasteiger partial charge in [0.2, 0.25) is 0 Å². The molecule has 2 aliphatic rings. The Morgan fingerprint density at radius 1 is 1.17 bits per heavy atom. The molecule has 0 radical (unpaired) electrons. The summed E-state index contributed by atoms with van der Waals surface area (Å²) in [7, 11) is 0. The first-order valence-electron chi connectivity index (χ1n) is 8.67. The third-order valence-electron chi connectivity index (χ3n) is 5.17. The Balaban J connectivity index is 1.70. The van der Waals surface area contributed by atoms with Gasteiger partial charge in [-0.05, 0) is 32.2 Å². The van der Waals surface area contributed by atoms with Crippen molar-refractivity contribution in [1.82, 2.24) is 15.5 Å². The standard InChI is InChI=1S/C16H29N3O4/c1-2-19(9-15(21)22)13-7-12(8-13)17-16(23)18-14-6-4-3-5-11(14)10-20/h11-14,20H,2-10H2,1H3,(H,21,22)(H2,17,18,23). The van der Waals surface area contributed by atoms with Crippen molar-refractivity contribution >= 4 is 12.0 Å². The van der Waals surface area contributed by atoms with Crippen LogP contribution in [-0.2, 0) is 4.79 Å². The molecule has 4 N–H and O–H groups in total. The number of carboxylic acid groups (broad SMARTS) is 1. The molecule has 0 spiro atoms. The molecule has 7 nitrogen and oxygen atoms in total. The minimum absolute atomic E-state index is 0.0559. The van der Waals surface area contributed by atoms with Crippen molar-refractivity contribution < 1.29 is 19.8 Å². The summed E-state index contributed by atoms with van der Waals surface area (Å²) < 4.78 is 0. The largest absolute Gasteiger partial charge is 0.480 e. The van der Waals surface area contributed by atoms with Crippen molar-refractivity contribution in [2.24, 2.45) is 5.92 Å². The number of rotatable bonds is 7. The van der Waals surface area contributed by atoms with Crippen molar-refractivity contribution in [2.45, 2.75) is 63.6 Å². The molecule has 0 aromatic rings. The molecular weight excluding hydrogens is 298 g/mol. The molecule has 2 aliphatic carbocycles. The molecule has 2 unspecified atom stereocenters. The van der Waals surface area contributed by atoms with Gasteiger partial charge in [-0.2, -0.15) is 0 Å². The van der Waals surface area contributed by atoms with Crippen LogP contribution in [0.4, 0.5) is 4.79 Å². The molecule has 7 heteroatoms. The number of nitrogens with zero attached hydrogens (tertiary/aromatic N) is 1. The van der Waals surface area contributed by atoms with Crippen LogP contribution < -0.4 is 10.6 Å². The smallest absolute Gasteiger partial charge is 0.317 e. The minimum atomic E-state index is -0.812. The summed E-state index contributed by atoms with van der Waals surface area (Å²) in [6.07, 6.45) is 5.69. The lowest BCUT2D eigenvalue weighted by Crippen LogP contribution is -2.58. The summed E-state index contributed by atoms with van der Waals surface area (Å²) in [4.78, 5) is 24.8. The van der Waals surface area contributed by atoms with E-state index >= 15 is 0 Å². The topological polar surface area (TPSA) is 102 Å². The van der Waals surface area contributed by atoms with Gasteiger partial charge in [0, 0.05) is 30.7 Å². The van der Waals surface area contributed by atoms with E-state index in [0.29, 0.717) is 6.54 Å². The molecule has 2 amide bonds. The Hall–Kier alpha value is -1.34. The number of hydrogen-bond acceptors (Lipinski definition) is 4. The lowest BCUT2D eigenvalue weighted by molar-refractivity contribution is -0.139. The van der Waals surface area contributed by atoms with E-state index in [-0.39, 0.29) is 43.2 Å². The number of urea groups is 1. The van der Waals surface area contributed by atoms with Crippen LogP contribution in [0, 0.1) is 5.92 Å². The average molecular weight is 327 g/mol. The Kier molecular flexibility index (Phi) is 6.65. The summed E-state index contributed by atoms with van der Waals surface area (Å²) in [6, 6.07) is 0.240. The number of amides is 2. The quantitative estimate of drug-likeness (QED) is 0.553. The molecule has 23 heavy (non-hydrogen) atoms. The van der Waals surface area contributed by atoms with E-state index in [0.717, 1.165) is 38.5 Å². The maximum Gasteiger partial charge on any atom is 0.317 e.